The van der Waals surface area contributed by atoms with Crippen molar-refractivity contribution in [2.45, 2.75) is 44.3 Å². The van der Waals surface area contributed by atoms with E-state index in [0.717, 1.165) is 12.6 Å². The average Bonchev–Trinajstić information content (AvgIpc) is 2.94. The Bertz CT molecular complexity index is 392. The smallest absolute Gasteiger partial charge is 0.0567 e. The zero-order valence-corrected chi connectivity index (χ0v) is 12.6. The van der Waals surface area contributed by atoms with Crippen molar-refractivity contribution in [2.24, 2.45) is 5.73 Å². The molecular formula is C15H25N3S. The number of thiophene rings is 1. The van der Waals surface area contributed by atoms with Crippen LogP contribution in [0.25, 0.3) is 0 Å². The molecule has 3 unspecified atom stereocenters. The average molecular weight is 279 g/mol. The van der Waals surface area contributed by atoms with E-state index in [9.17, 15) is 0 Å². The Morgan fingerprint density at radius 3 is 3.05 bits per heavy atom. The molecule has 0 aliphatic carbocycles. The number of fused-ring (bicyclic) bond motifs is 1. The summed E-state index contributed by atoms with van der Waals surface area (Å²) in [6.07, 6.45) is 4.15. The third-order valence-electron chi connectivity index (χ3n) is 4.73. The lowest BCUT2D eigenvalue weighted by Crippen LogP contribution is -2.59. The van der Waals surface area contributed by atoms with Gasteiger partial charge in [-0.2, -0.15) is 0 Å². The molecule has 0 radical (unpaired) electrons. The maximum atomic E-state index is 6.08. The van der Waals surface area contributed by atoms with Crippen LogP contribution in [0.15, 0.2) is 17.5 Å². The Morgan fingerprint density at radius 1 is 1.42 bits per heavy atom. The SMILES string of the molecule is CC1CN2CCCCC2CN1C(CN)c1cccs1. The number of piperazine rings is 1. The first-order valence-electron chi connectivity index (χ1n) is 7.53. The molecule has 2 N–H and O–H groups in total. The van der Waals surface area contributed by atoms with E-state index in [1.807, 2.05) is 11.3 Å². The summed E-state index contributed by atoms with van der Waals surface area (Å²) in [4.78, 5) is 6.78. The van der Waals surface area contributed by atoms with Crippen molar-refractivity contribution in [1.82, 2.24) is 9.80 Å². The first-order valence-corrected chi connectivity index (χ1v) is 8.41. The third kappa shape index (κ3) is 2.72. The molecule has 2 aliphatic rings. The van der Waals surface area contributed by atoms with Crippen molar-refractivity contribution in [1.29, 1.82) is 0 Å². The summed E-state index contributed by atoms with van der Waals surface area (Å²) in [5, 5.41) is 2.17. The lowest BCUT2D eigenvalue weighted by molar-refractivity contribution is -0.00592. The molecule has 0 bridgehead atoms. The second-order valence-corrected chi connectivity index (χ2v) is 6.94. The van der Waals surface area contributed by atoms with E-state index >= 15 is 0 Å². The van der Waals surface area contributed by atoms with Gasteiger partial charge in [0.1, 0.15) is 0 Å². The van der Waals surface area contributed by atoms with Crippen LogP contribution in [-0.2, 0) is 0 Å². The van der Waals surface area contributed by atoms with Gasteiger partial charge in [0, 0.05) is 36.6 Å². The molecule has 2 aliphatic heterocycles. The van der Waals surface area contributed by atoms with Crippen LogP contribution in [0.4, 0.5) is 0 Å². The summed E-state index contributed by atoms with van der Waals surface area (Å²) in [5.41, 5.74) is 6.08. The van der Waals surface area contributed by atoms with Gasteiger partial charge in [0.2, 0.25) is 0 Å². The predicted octanol–water partition coefficient (Wildman–Crippen LogP) is 2.31. The van der Waals surface area contributed by atoms with Crippen LogP contribution in [0.2, 0.25) is 0 Å². The van der Waals surface area contributed by atoms with E-state index in [1.54, 1.807) is 0 Å². The summed E-state index contributed by atoms with van der Waals surface area (Å²) in [6.45, 7) is 6.81. The Hall–Kier alpha value is -0.420. The number of hydrogen-bond donors (Lipinski definition) is 1. The number of piperidine rings is 1. The zero-order valence-electron chi connectivity index (χ0n) is 11.8. The van der Waals surface area contributed by atoms with Gasteiger partial charge in [0.15, 0.2) is 0 Å². The highest BCUT2D eigenvalue weighted by Crippen LogP contribution is 2.31. The highest BCUT2D eigenvalue weighted by molar-refractivity contribution is 7.10. The maximum absolute atomic E-state index is 6.08. The summed E-state index contributed by atoms with van der Waals surface area (Å²) < 4.78 is 0. The molecule has 2 saturated heterocycles. The van der Waals surface area contributed by atoms with Crippen LogP contribution in [0.1, 0.15) is 37.1 Å². The Morgan fingerprint density at radius 2 is 2.32 bits per heavy atom. The number of nitrogens with zero attached hydrogens (tertiary/aromatic N) is 2. The molecule has 3 rings (SSSR count). The molecule has 0 spiro atoms. The standard InChI is InChI=1S/C15H25N3S/c1-12-10-17-7-3-2-5-13(17)11-18(12)14(9-16)15-6-4-8-19-15/h4,6,8,12-14H,2-3,5,7,9-11,16H2,1H3. The first-order chi connectivity index (χ1) is 9.29. The molecule has 3 atom stereocenters. The fourth-order valence-electron chi connectivity index (χ4n) is 3.70. The van der Waals surface area contributed by atoms with Gasteiger partial charge in [0.25, 0.3) is 0 Å². The van der Waals surface area contributed by atoms with E-state index < -0.39 is 0 Å². The quantitative estimate of drug-likeness (QED) is 0.921. The van der Waals surface area contributed by atoms with Gasteiger partial charge in [-0.05, 0) is 37.8 Å². The molecule has 0 aromatic carbocycles. The van der Waals surface area contributed by atoms with Gasteiger partial charge in [-0.15, -0.1) is 11.3 Å². The molecule has 1 aromatic rings. The highest BCUT2D eigenvalue weighted by Gasteiger charge is 2.36. The van der Waals surface area contributed by atoms with Crippen molar-refractivity contribution in [2.75, 3.05) is 26.2 Å². The minimum absolute atomic E-state index is 0.416. The fraction of sp³-hybridized carbons (Fsp3) is 0.733. The van der Waals surface area contributed by atoms with Crippen molar-refractivity contribution >= 4 is 11.3 Å². The topological polar surface area (TPSA) is 32.5 Å². The van der Waals surface area contributed by atoms with Gasteiger partial charge >= 0.3 is 0 Å². The second kappa shape index (κ2) is 5.92. The summed E-state index contributed by atoms with van der Waals surface area (Å²) in [5.74, 6) is 0. The molecule has 2 fully saturated rings. The summed E-state index contributed by atoms with van der Waals surface area (Å²) in [7, 11) is 0. The first kappa shape index (κ1) is 13.6. The number of nitrogens with two attached hydrogens (primary N) is 1. The van der Waals surface area contributed by atoms with Crippen LogP contribution in [0, 0.1) is 0 Å². The second-order valence-electron chi connectivity index (χ2n) is 5.96. The van der Waals surface area contributed by atoms with Gasteiger partial charge in [0.05, 0.1) is 6.04 Å². The van der Waals surface area contributed by atoms with Crippen molar-refractivity contribution < 1.29 is 0 Å². The van der Waals surface area contributed by atoms with Crippen molar-refractivity contribution in [3.63, 3.8) is 0 Å². The van der Waals surface area contributed by atoms with Crippen LogP contribution in [-0.4, -0.2) is 48.1 Å². The molecule has 106 valence electrons. The third-order valence-corrected chi connectivity index (χ3v) is 5.70. The van der Waals surface area contributed by atoms with Crippen LogP contribution < -0.4 is 5.73 Å². The minimum Gasteiger partial charge on any atom is -0.329 e. The number of hydrogen-bond acceptors (Lipinski definition) is 4. The number of rotatable bonds is 3. The highest BCUT2D eigenvalue weighted by atomic mass is 32.1. The normalized spacial score (nSPS) is 31.1. The van der Waals surface area contributed by atoms with Gasteiger partial charge in [-0.1, -0.05) is 12.5 Å². The summed E-state index contributed by atoms with van der Waals surface area (Å²) in [6, 6.07) is 6.18. The molecule has 0 saturated carbocycles. The molecule has 3 heterocycles. The predicted molar refractivity (Wildman–Crippen MR) is 81.5 cm³/mol. The van der Waals surface area contributed by atoms with E-state index in [4.69, 9.17) is 5.73 Å². The lowest BCUT2D eigenvalue weighted by Gasteiger charge is -2.49. The minimum atomic E-state index is 0.416. The van der Waals surface area contributed by atoms with E-state index in [2.05, 4.69) is 34.2 Å². The largest absolute Gasteiger partial charge is 0.329 e. The Kier molecular flexibility index (Phi) is 4.22. The van der Waals surface area contributed by atoms with Gasteiger partial charge in [-0.3, -0.25) is 9.80 Å². The van der Waals surface area contributed by atoms with E-state index in [0.29, 0.717) is 12.1 Å². The van der Waals surface area contributed by atoms with E-state index in [1.165, 1.54) is 43.8 Å². The fourth-order valence-corrected chi connectivity index (χ4v) is 4.57. The molecular weight excluding hydrogens is 254 g/mol. The molecule has 4 heteroatoms. The van der Waals surface area contributed by atoms with Crippen LogP contribution >= 0.6 is 11.3 Å². The molecule has 19 heavy (non-hydrogen) atoms. The summed E-state index contributed by atoms with van der Waals surface area (Å²) >= 11 is 1.85. The monoisotopic (exact) mass is 279 g/mol. The molecule has 1 aromatic heterocycles. The lowest BCUT2D eigenvalue weighted by atomic mass is 9.95. The van der Waals surface area contributed by atoms with Crippen LogP contribution in [0.3, 0.4) is 0 Å². The van der Waals surface area contributed by atoms with Gasteiger partial charge in [-0.25, -0.2) is 0 Å². The van der Waals surface area contributed by atoms with E-state index in [-0.39, 0.29) is 0 Å². The van der Waals surface area contributed by atoms with Crippen LogP contribution in [0.5, 0.6) is 0 Å². The maximum Gasteiger partial charge on any atom is 0.0567 e. The van der Waals surface area contributed by atoms with Crippen molar-refractivity contribution in [3.8, 4) is 0 Å². The Balaban J connectivity index is 1.75. The molecule has 0 amide bonds. The Labute approximate surface area is 120 Å². The van der Waals surface area contributed by atoms with Gasteiger partial charge < -0.3 is 5.73 Å². The zero-order chi connectivity index (χ0) is 13.2. The van der Waals surface area contributed by atoms with Crippen molar-refractivity contribution in [3.05, 3.63) is 22.4 Å². The molecule has 3 nitrogen and oxygen atoms in total.